The van der Waals surface area contributed by atoms with Gasteiger partial charge in [-0.3, -0.25) is 19.3 Å². The summed E-state index contributed by atoms with van der Waals surface area (Å²) in [4.78, 5) is 55.6. The number of aldehydes is 1. The molecule has 0 saturated carbocycles. The van der Waals surface area contributed by atoms with Gasteiger partial charge in [-0.15, -0.1) is 0 Å². The van der Waals surface area contributed by atoms with Crippen molar-refractivity contribution in [2.45, 2.75) is 105 Å². The molecule has 0 spiro atoms. The third kappa shape index (κ3) is 9.20. The van der Waals surface area contributed by atoms with Crippen LogP contribution >= 0.6 is 0 Å². The fourth-order valence-corrected chi connectivity index (χ4v) is 4.73. The summed E-state index contributed by atoms with van der Waals surface area (Å²) < 4.78 is 5.62. The van der Waals surface area contributed by atoms with Gasteiger partial charge in [-0.05, 0) is 50.2 Å². The first-order chi connectivity index (χ1) is 18.1. The summed E-state index contributed by atoms with van der Waals surface area (Å²) in [6.07, 6.45) is 1.90. The average molecular weight is 558 g/mol. The van der Waals surface area contributed by atoms with Gasteiger partial charge in [0.15, 0.2) is 0 Å². The van der Waals surface area contributed by atoms with Gasteiger partial charge in [0, 0.05) is 19.5 Å². The van der Waals surface area contributed by atoms with Gasteiger partial charge < -0.3 is 15.0 Å². The highest BCUT2D eigenvalue weighted by Gasteiger charge is 2.45. The summed E-state index contributed by atoms with van der Waals surface area (Å²) in [6.45, 7) is 20.4. The molecule has 224 valence electrons. The lowest BCUT2D eigenvalue weighted by molar-refractivity contribution is -0.141. The number of rotatable bonds is 10. The summed E-state index contributed by atoms with van der Waals surface area (Å²) in [5.41, 5.74) is -0.861. The number of benzene rings is 1. The molecule has 0 aromatic heterocycles. The number of carbonyl (C=O) groups is 4. The quantitative estimate of drug-likeness (QED) is 0.309. The first-order valence-electron chi connectivity index (χ1n) is 13.9. The second-order valence-corrected chi connectivity index (χ2v) is 13.6. The number of likely N-dealkylation sites (N-methyl/N-ethyl adjacent to an activating group) is 2. The van der Waals surface area contributed by atoms with Crippen molar-refractivity contribution in [3.63, 3.8) is 0 Å². The standard InChI is InChI=1S/C32H51N3O5/c1-21(2)24(19-22(3)20-36)34(12)28(38)25(30(4,5)6)33-27(37)26(35(13)29(39)40-31(7,8)9)32(10,11)23-17-15-14-16-18-23/h14-21,24-26H,1-13H3,(H,33,37)/b22-19+/t24-,25?,26-/m1/s1. The molecule has 0 fully saturated rings. The van der Waals surface area contributed by atoms with Crippen LogP contribution < -0.4 is 5.32 Å². The normalized spacial score (nSPS) is 15.1. The lowest BCUT2D eigenvalue weighted by Gasteiger charge is -2.42. The molecule has 1 aromatic rings. The molecule has 40 heavy (non-hydrogen) atoms. The zero-order chi connectivity index (χ0) is 31.2. The third-order valence-electron chi connectivity index (χ3n) is 7.02. The predicted octanol–water partition coefficient (Wildman–Crippen LogP) is 5.36. The van der Waals surface area contributed by atoms with E-state index in [0.29, 0.717) is 5.57 Å². The molecule has 0 radical (unpaired) electrons. The molecule has 1 rings (SSSR count). The van der Waals surface area contributed by atoms with Crippen LogP contribution in [0.5, 0.6) is 0 Å². The highest BCUT2D eigenvalue weighted by molar-refractivity contribution is 5.93. The van der Waals surface area contributed by atoms with Crippen molar-refractivity contribution in [3.05, 3.63) is 47.5 Å². The van der Waals surface area contributed by atoms with Crippen molar-refractivity contribution in [2.24, 2.45) is 11.3 Å². The molecule has 8 nitrogen and oxygen atoms in total. The second-order valence-electron chi connectivity index (χ2n) is 13.6. The average Bonchev–Trinajstić information content (AvgIpc) is 2.83. The summed E-state index contributed by atoms with van der Waals surface area (Å²) >= 11 is 0. The van der Waals surface area contributed by atoms with E-state index in [1.165, 1.54) is 4.90 Å². The van der Waals surface area contributed by atoms with E-state index < -0.39 is 40.5 Å². The molecule has 3 amide bonds. The number of hydrogen-bond acceptors (Lipinski definition) is 5. The lowest BCUT2D eigenvalue weighted by Crippen LogP contribution is -2.63. The van der Waals surface area contributed by atoms with Gasteiger partial charge in [-0.2, -0.15) is 0 Å². The Bertz CT molecular complexity index is 1060. The summed E-state index contributed by atoms with van der Waals surface area (Å²) in [5, 5.41) is 3.00. The molecule has 1 N–H and O–H groups in total. The Morgan fingerprint density at radius 1 is 0.900 bits per heavy atom. The van der Waals surface area contributed by atoms with Crippen molar-refractivity contribution in [3.8, 4) is 0 Å². The third-order valence-corrected chi connectivity index (χ3v) is 7.02. The van der Waals surface area contributed by atoms with Crippen LogP contribution in [0.4, 0.5) is 4.79 Å². The van der Waals surface area contributed by atoms with E-state index in [1.54, 1.807) is 52.8 Å². The molecule has 0 aliphatic rings. The first kappa shape index (κ1) is 34.9. The number of hydrogen-bond donors (Lipinski definition) is 1. The fourth-order valence-electron chi connectivity index (χ4n) is 4.73. The van der Waals surface area contributed by atoms with Gasteiger partial charge in [0.25, 0.3) is 0 Å². The molecular weight excluding hydrogens is 506 g/mol. The summed E-state index contributed by atoms with van der Waals surface area (Å²) in [7, 11) is 3.23. The van der Waals surface area contributed by atoms with E-state index >= 15 is 0 Å². The number of allylic oxidation sites excluding steroid dienone is 1. The first-order valence-corrected chi connectivity index (χ1v) is 13.9. The van der Waals surface area contributed by atoms with Gasteiger partial charge in [0.2, 0.25) is 11.8 Å². The number of carbonyl (C=O) groups excluding carboxylic acids is 4. The molecule has 0 aliphatic heterocycles. The van der Waals surface area contributed by atoms with Gasteiger partial charge in [0.05, 0.1) is 6.04 Å². The number of nitrogens with zero attached hydrogens (tertiary/aromatic N) is 2. The van der Waals surface area contributed by atoms with Crippen molar-refractivity contribution < 1.29 is 23.9 Å². The van der Waals surface area contributed by atoms with Crippen LogP contribution in [0.3, 0.4) is 0 Å². The zero-order valence-electron chi connectivity index (χ0n) is 26.8. The Morgan fingerprint density at radius 2 is 1.43 bits per heavy atom. The van der Waals surface area contributed by atoms with Crippen LogP contribution in [-0.4, -0.2) is 71.8 Å². The number of nitrogens with one attached hydrogen (secondary N) is 1. The maximum absolute atomic E-state index is 14.2. The molecule has 0 heterocycles. The minimum atomic E-state index is -0.995. The van der Waals surface area contributed by atoms with E-state index in [9.17, 15) is 19.2 Å². The molecular formula is C32H51N3O5. The molecule has 3 atom stereocenters. The van der Waals surface area contributed by atoms with E-state index in [4.69, 9.17) is 4.74 Å². The predicted molar refractivity (Wildman–Crippen MR) is 160 cm³/mol. The van der Waals surface area contributed by atoms with Gasteiger partial charge in [0.1, 0.15) is 24.0 Å². The maximum atomic E-state index is 14.2. The monoisotopic (exact) mass is 557 g/mol. The van der Waals surface area contributed by atoms with E-state index in [1.807, 2.05) is 78.8 Å². The van der Waals surface area contributed by atoms with Gasteiger partial charge in [-0.1, -0.05) is 84.9 Å². The van der Waals surface area contributed by atoms with Crippen LogP contribution in [0, 0.1) is 11.3 Å². The van der Waals surface area contributed by atoms with Crippen molar-refractivity contribution >= 4 is 24.2 Å². The topological polar surface area (TPSA) is 96.0 Å². The Balaban J connectivity index is 3.58. The SMILES string of the molecule is C/C(C=O)=C\[C@H](C(C)C)N(C)C(=O)C(NC(=O)[C@@H](N(C)C(=O)OC(C)(C)C)C(C)(C)c1ccccc1)C(C)(C)C. The van der Waals surface area contributed by atoms with Crippen molar-refractivity contribution in [1.82, 2.24) is 15.1 Å². The minimum Gasteiger partial charge on any atom is -0.444 e. The summed E-state index contributed by atoms with van der Waals surface area (Å²) in [6, 6.07) is 7.25. The van der Waals surface area contributed by atoms with Crippen LogP contribution in [0.25, 0.3) is 0 Å². The molecule has 1 unspecified atom stereocenters. The Labute approximate surface area is 241 Å². The van der Waals surface area contributed by atoms with Crippen molar-refractivity contribution in [2.75, 3.05) is 14.1 Å². The molecule has 1 aromatic carbocycles. The van der Waals surface area contributed by atoms with Crippen LogP contribution in [0.1, 0.15) is 81.7 Å². The Hall–Kier alpha value is -3.16. The summed E-state index contributed by atoms with van der Waals surface area (Å²) in [5.74, 6) is -0.724. The molecule has 0 aliphatic carbocycles. The van der Waals surface area contributed by atoms with E-state index in [2.05, 4.69) is 5.32 Å². The highest BCUT2D eigenvalue weighted by Crippen LogP contribution is 2.32. The Kier molecular flexibility index (Phi) is 11.7. The van der Waals surface area contributed by atoms with Crippen LogP contribution in [0.15, 0.2) is 42.0 Å². The molecule has 0 bridgehead atoms. The fraction of sp³-hybridized carbons (Fsp3) is 0.625. The van der Waals surface area contributed by atoms with E-state index in [0.717, 1.165) is 11.8 Å². The molecule has 8 heteroatoms. The zero-order valence-corrected chi connectivity index (χ0v) is 26.8. The van der Waals surface area contributed by atoms with E-state index in [-0.39, 0.29) is 17.9 Å². The smallest absolute Gasteiger partial charge is 0.410 e. The lowest BCUT2D eigenvalue weighted by atomic mass is 9.76. The van der Waals surface area contributed by atoms with Gasteiger partial charge in [-0.25, -0.2) is 4.79 Å². The molecule has 0 saturated heterocycles. The number of amides is 3. The highest BCUT2D eigenvalue weighted by atomic mass is 16.6. The Morgan fingerprint density at radius 3 is 1.85 bits per heavy atom. The maximum Gasteiger partial charge on any atom is 0.410 e. The minimum absolute atomic E-state index is 0.0308. The van der Waals surface area contributed by atoms with Gasteiger partial charge >= 0.3 is 6.09 Å². The van der Waals surface area contributed by atoms with Crippen molar-refractivity contribution in [1.29, 1.82) is 0 Å². The second kappa shape index (κ2) is 13.5. The largest absolute Gasteiger partial charge is 0.444 e. The number of ether oxygens (including phenoxy) is 1. The van der Waals surface area contributed by atoms with Crippen LogP contribution in [-0.2, 0) is 24.5 Å². The van der Waals surface area contributed by atoms with Crippen LogP contribution in [0.2, 0.25) is 0 Å².